The number of nitrogens with two attached hydrogens (primary N) is 1. The van der Waals surface area contributed by atoms with E-state index in [0.29, 0.717) is 0 Å². The molecule has 2 N–H and O–H groups in total. The molecule has 15 heavy (non-hydrogen) atoms. The maximum absolute atomic E-state index is 6.35. The van der Waals surface area contributed by atoms with E-state index in [1.54, 1.807) is 7.11 Å². The second kappa shape index (κ2) is 4.86. The first-order valence-corrected chi connectivity index (χ1v) is 5.18. The van der Waals surface area contributed by atoms with E-state index >= 15 is 0 Å². The average molecular weight is 228 g/mol. The normalized spacial score (nSPS) is 18.3. The Morgan fingerprint density at radius 1 is 1.27 bits per heavy atom. The van der Waals surface area contributed by atoms with Gasteiger partial charge < -0.3 is 10.5 Å². The molecule has 1 aromatic rings. The smallest absolute Gasteiger partial charge is 0.119 e. The molecule has 0 heterocycles. The molecule has 3 heteroatoms. The third-order valence-corrected chi connectivity index (χ3v) is 3.14. The highest BCUT2D eigenvalue weighted by atomic mass is 35.5. The van der Waals surface area contributed by atoms with Gasteiger partial charge in [0, 0.05) is 5.54 Å². The number of hydrogen-bond acceptors (Lipinski definition) is 2. The van der Waals surface area contributed by atoms with E-state index in [9.17, 15) is 0 Å². The Hall–Kier alpha value is -0.730. The van der Waals surface area contributed by atoms with Crippen molar-refractivity contribution in [2.45, 2.75) is 31.2 Å². The Balaban J connectivity index is 0.00000112. The standard InChI is InChI=1S/C12H17NO.ClH/c1-14-11-6-4-5-10(9-11)12(13)7-2-3-8-12;/h4-6,9H,2-3,7-8,13H2,1H3;1H. The largest absolute Gasteiger partial charge is 0.497 e. The minimum Gasteiger partial charge on any atom is -0.497 e. The molecule has 0 aliphatic heterocycles. The molecule has 2 rings (SSSR count). The van der Waals surface area contributed by atoms with Crippen molar-refractivity contribution in [3.63, 3.8) is 0 Å². The van der Waals surface area contributed by atoms with E-state index < -0.39 is 0 Å². The summed E-state index contributed by atoms with van der Waals surface area (Å²) >= 11 is 0. The summed E-state index contributed by atoms with van der Waals surface area (Å²) in [5.41, 5.74) is 7.46. The van der Waals surface area contributed by atoms with Crippen molar-refractivity contribution in [1.29, 1.82) is 0 Å². The maximum atomic E-state index is 6.35. The van der Waals surface area contributed by atoms with Gasteiger partial charge in [0.05, 0.1) is 7.11 Å². The molecule has 0 spiro atoms. The number of ether oxygens (including phenoxy) is 1. The SMILES string of the molecule is COc1cccc(C2(N)CCCC2)c1.Cl. The Labute approximate surface area is 97.2 Å². The second-order valence-corrected chi connectivity index (χ2v) is 4.10. The van der Waals surface area contributed by atoms with Gasteiger partial charge in [0.15, 0.2) is 0 Å². The van der Waals surface area contributed by atoms with Crippen molar-refractivity contribution in [2.24, 2.45) is 5.73 Å². The highest BCUT2D eigenvalue weighted by Crippen LogP contribution is 2.37. The van der Waals surface area contributed by atoms with Crippen LogP contribution < -0.4 is 10.5 Å². The molecule has 0 radical (unpaired) electrons. The summed E-state index contributed by atoms with van der Waals surface area (Å²) in [5.74, 6) is 0.902. The van der Waals surface area contributed by atoms with Crippen LogP contribution in [0.2, 0.25) is 0 Å². The molecule has 0 aromatic heterocycles. The van der Waals surface area contributed by atoms with Crippen LogP contribution in [-0.4, -0.2) is 7.11 Å². The summed E-state index contributed by atoms with van der Waals surface area (Å²) in [5, 5.41) is 0. The fourth-order valence-electron chi connectivity index (χ4n) is 2.23. The number of rotatable bonds is 2. The Morgan fingerprint density at radius 3 is 2.53 bits per heavy atom. The average Bonchev–Trinajstić information content (AvgIpc) is 2.67. The quantitative estimate of drug-likeness (QED) is 0.843. The zero-order valence-corrected chi connectivity index (χ0v) is 9.85. The molecule has 0 unspecified atom stereocenters. The lowest BCUT2D eigenvalue weighted by Crippen LogP contribution is -2.32. The maximum Gasteiger partial charge on any atom is 0.119 e. The molecule has 1 aromatic carbocycles. The molecule has 0 bridgehead atoms. The van der Waals surface area contributed by atoms with Gasteiger partial charge >= 0.3 is 0 Å². The molecule has 1 aliphatic carbocycles. The molecule has 1 saturated carbocycles. The highest BCUT2D eigenvalue weighted by Gasteiger charge is 2.31. The topological polar surface area (TPSA) is 35.2 Å². The number of methoxy groups -OCH3 is 1. The van der Waals surface area contributed by atoms with Gasteiger partial charge in [0.2, 0.25) is 0 Å². The summed E-state index contributed by atoms with van der Waals surface area (Å²) in [7, 11) is 1.69. The molecule has 2 nitrogen and oxygen atoms in total. The van der Waals surface area contributed by atoms with E-state index in [-0.39, 0.29) is 17.9 Å². The molecular formula is C12H18ClNO. The van der Waals surface area contributed by atoms with Crippen LogP contribution in [0, 0.1) is 0 Å². The van der Waals surface area contributed by atoms with Crippen LogP contribution in [0.1, 0.15) is 31.2 Å². The van der Waals surface area contributed by atoms with Crippen molar-refractivity contribution in [3.8, 4) is 5.75 Å². The molecule has 1 aliphatic rings. The summed E-state index contributed by atoms with van der Waals surface area (Å²) < 4.78 is 5.20. The van der Waals surface area contributed by atoms with Crippen LogP contribution in [-0.2, 0) is 5.54 Å². The fraction of sp³-hybridized carbons (Fsp3) is 0.500. The monoisotopic (exact) mass is 227 g/mol. The van der Waals surface area contributed by atoms with Crippen LogP contribution in [0.3, 0.4) is 0 Å². The highest BCUT2D eigenvalue weighted by molar-refractivity contribution is 5.85. The number of hydrogen-bond donors (Lipinski definition) is 1. The van der Waals surface area contributed by atoms with Gasteiger partial charge in [-0.1, -0.05) is 25.0 Å². The van der Waals surface area contributed by atoms with Crippen LogP contribution >= 0.6 is 12.4 Å². The van der Waals surface area contributed by atoms with Gasteiger partial charge in [0.1, 0.15) is 5.75 Å². The van der Waals surface area contributed by atoms with Crippen molar-refractivity contribution in [3.05, 3.63) is 29.8 Å². The third kappa shape index (κ3) is 2.44. The molecule has 0 saturated heterocycles. The summed E-state index contributed by atoms with van der Waals surface area (Å²) in [6.45, 7) is 0. The van der Waals surface area contributed by atoms with Crippen molar-refractivity contribution in [2.75, 3.05) is 7.11 Å². The first-order chi connectivity index (χ1) is 6.74. The molecular weight excluding hydrogens is 210 g/mol. The molecule has 0 atom stereocenters. The first kappa shape index (κ1) is 12.3. The number of benzene rings is 1. The Kier molecular flexibility index (Phi) is 4.00. The Bertz CT molecular complexity index is 321. The lowest BCUT2D eigenvalue weighted by Gasteiger charge is -2.24. The fourth-order valence-corrected chi connectivity index (χ4v) is 2.23. The lowest BCUT2D eigenvalue weighted by molar-refractivity contribution is 0.408. The van der Waals surface area contributed by atoms with Gasteiger partial charge in [-0.15, -0.1) is 12.4 Å². The van der Waals surface area contributed by atoms with Crippen molar-refractivity contribution in [1.82, 2.24) is 0 Å². The predicted molar refractivity (Wildman–Crippen MR) is 64.6 cm³/mol. The molecule has 0 amide bonds. The first-order valence-electron chi connectivity index (χ1n) is 5.18. The van der Waals surface area contributed by atoms with Gasteiger partial charge in [-0.2, -0.15) is 0 Å². The van der Waals surface area contributed by atoms with Crippen LogP contribution in [0.4, 0.5) is 0 Å². The molecule has 84 valence electrons. The van der Waals surface area contributed by atoms with E-state index in [0.717, 1.165) is 18.6 Å². The minimum atomic E-state index is -0.103. The van der Waals surface area contributed by atoms with E-state index in [2.05, 4.69) is 12.1 Å². The van der Waals surface area contributed by atoms with E-state index in [1.807, 2.05) is 12.1 Å². The van der Waals surface area contributed by atoms with Crippen molar-refractivity contribution < 1.29 is 4.74 Å². The zero-order chi connectivity index (χ0) is 10.0. The van der Waals surface area contributed by atoms with Gasteiger partial charge in [-0.3, -0.25) is 0 Å². The van der Waals surface area contributed by atoms with E-state index in [4.69, 9.17) is 10.5 Å². The predicted octanol–water partition coefficient (Wildman–Crippen LogP) is 2.85. The minimum absolute atomic E-state index is 0. The number of halogens is 1. The van der Waals surface area contributed by atoms with Crippen LogP contribution in [0.5, 0.6) is 5.75 Å². The summed E-state index contributed by atoms with van der Waals surface area (Å²) in [6.07, 6.45) is 4.68. The van der Waals surface area contributed by atoms with Gasteiger partial charge in [-0.25, -0.2) is 0 Å². The molecule has 1 fully saturated rings. The van der Waals surface area contributed by atoms with Gasteiger partial charge in [0.25, 0.3) is 0 Å². The third-order valence-electron chi connectivity index (χ3n) is 3.14. The van der Waals surface area contributed by atoms with E-state index in [1.165, 1.54) is 18.4 Å². The summed E-state index contributed by atoms with van der Waals surface area (Å²) in [4.78, 5) is 0. The Morgan fingerprint density at radius 2 is 1.93 bits per heavy atom. The summed E-state index contributed by atoms with van der Waals surface area (Å²) in [6, 6.07) is 8.14. The van der Waals surface area contributed by atoms with Crippen molar-refractivity contribution >= 4 is 12.4 Å². The van der Waals surface area contributed by atoms with Crippen LogP contribution in [0.25, 0.3) is 0 Å². The second-order valence-electron chi connectivity index (χ2n) is 4.10. The lowest BCUT2D eigenvalue weighted by atomic mass is 9.89. The van der Waals surface area contributed by atoms with Gasteiger partial charge in [-0.05, 0) is 30.5 Å². The van der Waals surface area contributed by atoms with Crippen LogP contribution in [0.15, 0.2) is 24.3 Å². The zero-order valence-electron chi connectivity index (χ0n) is 9.03.